The molecule has 0 fully saturated rings. The van der Waals surface area contributed by atoms with Gasteiger partial charge >= 0.3 is 5.97 Å². The summed E-state index contributed by atoms with van der Waals surface area (Å²) in [6.07, 6.45) is 2.52. The normalized spacial score (nSPS) is 14.2. The summed E-state index contributed by atoms with van der Waals surface area (Å²) in [6.45, 7) is 6.88. The molecule has 0 aliphatic carbocycles. The molecular formula is C12H20N2O2S2. The molecule has 1 heterocycles. The molecule has 1 unspecified atom stereocenters. The Bertz CT molecular complexity index is 357. The van der Waals surface area contributed by atoms with Crippen molar-refractivity contribution in [1.29, 1.82) is 0 Å². The Labute approximate surface area is 117 Å². The third kappa shape index (κ3) is 4.59. The molecular weight excluding hydrogens is 268 g/mol. The van der Waals surface area contributed by atoms with Gasteiger partial charge in [-0.1, -0.05) is 18.7 Å². The Morgan fingerprint density at radius 3 is 2.94 bits per heavy atom. The van der Waals surface area contributed by atoms with Gasteiger partial charge in [-0.3, -0.25) is 4.79 Å². The molecule has 1 aromatic heterocycles. The standard InChI is InChI=1S/C12H20N2O2S2/c1-4-14-12(3,10(15)16-5-2)6-8-17-11-13-7-9-18-11/h7,9,14H,4-6,8H2,1-3H3. The Balaban J connectivity index is 2.48. The molecule has 0 radical (unpaired) electrons. The summed E-state index contributed by atoms with van der Waals surface area (Å²) in [6, 6.07) is 0. The molecule has 1 aromatic rings. The molecule has 0 aliphatic heterocycles. The van der Waals surface area contributed by atoms with Crippen LogP contribution >= 0.6 is 23.1 Å². The van der Waals surface area contributed by atoms with Gasteiger partial charge in [0.05, 0.1) is 6.61 Å². The number of likely N-dealkylation sites (N-methyl/N-ethyl adjacent to an activating group) is 1. The largest absolute Gasteiger partial charge is 0.465 e. The van der Waals surface area contributed by atoms with Crippen molar-refractivity contribution >= 4 is 29.1 Å². The number of nitrogens with one attached hydrogen (secondary N) is 1. The van der Waals surface area contributed by atoms with Crippen molar-refractivity contribution in [3.63, 3.8) is 0 Å². The fraction of sp³-hybridized carbons (Fsp3) is 0.667. The Morgan fingerprint density at radius 2 is 2.39 bits per heavy atom. The fourth-order valence-electron chi connectivity index (χ4n) is 1.57. The van der Waals surface area contributed by atoms with Gasteiger partial charge in [-0.25, -0.2) is 4.98 Å². The molecule has 6 heteroatoms. The van der Waals surface area contributed by atoms with E-state index < -0.39 is 5.54 Å². The van der Waals surface area contributed by atoms with E-state index in [-0.39, 0.29) is 5.97 Å². The SMILES string of the molecule is CCNC(C)(CCSc1nccs1)C(=O)OCC. The third-order valence-electron chi connectivity index (χ3n) is 2.53. The van der Waals surface area contributed by atoms with Crippen LogP contribution in [-0.2, 0) is 9.53 Å². The van der Waals surface area contributed by atoms with Gasteiger partial charge in [0.1, 0.15) is 9.88 Å². The molecule has 18 heavy (non-hydrogen) atoms. The van der Waals surface area contributed by atoms with E-state index in [1.165, 1.54) is 0 Å². The van der Waals surface area contributed by atoms with Gasteiger partial charge in [0, 0.05) is 17.3 Å². The van der Waals surface area contributed by atoms with Crippen molar-refractivity contribution in [2.75, 3.05) is 18.9 Å². The van der Waals surface area contributed by atoms with E-state index in [2.05, 4.69) is 10.3 Å². The van der Waals surface area contributed by atoms with E-state index in [1.54, 1.807) is 29.3 Å². The van der Waals surface area contributed by atoms with E-state index >= 15 is 0 Å². The van der Waals surface area contributed by atoms with E-state index in [1.807, 2.05) is 26.2 Å². The van der Waals surface area contributed by atoms with Crippen LogP contribution in [0.4, 0.5) is 0 Å². The van der Waals surface area contributed by atoms with E-state index in [4.69, 9.17) is 4.74 Å². The fourth-order valence-corrected chi connectivity index (χ4v) is 3.44. The number of rotatable bonds is 8. The Kier molecular flexibility index (Phi) is 6.67. The first-order valence-electron chi connectivity index (χ1n) is 6.07. The zero-order valence-corrected chi connectivity index (χ0v) is 12.7. The zero-order chi connectivity index (χ0) is 13.4. The van der Waals surface area contributed by atoms with E-state index in [0.717, 1.165) is 23.1 Å². The van der Waals surface area contributed by atoms with Crippen molar-refractivity contribution in [1.82, 2.24) is 10.3 Å². The highest BCUT2D eigenvalue weighted by molar-refractivity contribution is 8.00. The molecule has 0 saturated heterocycles. The molecule has 102 valence electrons. The summed E-state index contributed by atoms with van der Waals surface area (Å²) < 4.78 is 6.16. The first kappa shape index (κ1) is 15.5. The van der Waals surface area contributed by atoms with Gasteiger partial charge in [0.2, 0.25) is 0 Å². The highest BCUT2D eigenvalue weighted by atomic mass is 32.2. The summed E-state index contributed by atoms with van der Waals surface area (Å²) in [5.41, 5.74) is -0.602. The summed E-state index contributed by atoms with van der Waals surface area (Å²) >= 11 is 3.30. The number of ether oxygens (including phenoxy) is 1. The average molecular weight is 288 g/mol. The van der Waals surface area contributed by atoms with Crippen LogP contribution in [0.5, 0.6) is 0 Å². The topological polar surface area (TPSA) is 51.2 Å². The van der Waals surface area contributed by atoms with Crippen LogP contribution in [0.2, 0.25) is 0 Å². The number of hydrogen-bond donors (Lipinski definition) is 1. The van der Waals surface area contributed by atoms with Crippen LogP contribution in [0.1, 0.15) is 27.2 Å². The lowest BCUT2D eigenvalue weighted by molar-refractivity contribution is -0.150. The van der Waals surface area contributed by atoms with Crippen molar-refractivity contribution < 1.29 is 9.53 Å². The molecule has 0 amide bonds. The lowest BCUT2D eigenvalue weighted by atomic mass is 9.99. The van der Waals surface area contributed by atoms with Gasteiger partial charge in [-0.05, 0) is 26.8 Å². The lowest BCUT2D eigenvalue weighted by Gasteiger charge is -2.27. The number of esters is 1. The summed E-state index contributed by atoms with van der Waals surface area (Å²) in [4.78, 5) is 16.1. The van der Waals surface area contributed by atoms with Crippen molar-refractivity contribution in [3.05, 3.63) is 11.6 Å². The lowest BCUT2D eigenvalue weighted by Crippen LogP contribution is -2.50. The molecule has 0 aliphatic rings. The molecule has 0 bridgehead atoms. The number of nitrogens with zero attached hydrogens (tertiary/aromatic N) is 1. The highest BCUT2D eigenvalue weighted by Crippen LogP contribution is 2.24. The Morgan fingerprint density at radius 1 is 1.61 bits per heavy atom. The third-order valence-corrected chi connectivity index (χ3v) is 4.50. The van der Waals surface area contributed by atoms with Crippen molar-refractivity contribution in [2.24, 2.45) is 0 Å². The maximum Gasteiger partial charge on any atom is 0.326 e. The second kappa shape index (κ2) is 7.76. The minimum Gasteiger partial charge on any atom is -0.465 e. The summed E-state index contributed by atoms with van der Waals surface area (Å²) in [7, 11) is 0. The second-order valence-electron chi connectivity index (χ2n) is 3.98. The molecule has 0 saturated carbocycles. The first-order valence-corrected chi connectivity index (χ1v) is 7.93. The number of thiazole rings is 1. The maximum atomic E-state index is 11.9. The second-order valence-corrected chi connectivity index (χ2v) is 6.22. The highest BCUT2D eigenvalue weighted by Gasteiger charge is 2.33. The molecule has 1 atom stereocenters. The van der Waals surface area contributed by atoms with Crippen molar-refractivity contribution in [3.8, 4) is 0 Å². The molecule has 4 nitrogen and oxygen atoms in total. The zero-order valence-electron chi connectivity index (χ0n) is 11.1. The van der Waals surface area contributed by atoms with Crippen LogP contribution in [0.3, 0.4) is 0 Å². The van der Waals surface area contributed by atoms with Gasteiger partial charge in [-0.15, -0.1) is 11.3 Å². The predicted octanol–water partition coefficient (Wildman–Crippen LogP) is 2.56. The van der Waals surface area contributed by atoms with Gasteiger partial charge < -0.3 is 10.1 Å². The van der Waals surface area contributed by atoms with Gasteiger partial charge in [0.25, 0.3) is 0 Å². The predicted molar refractivity (Wildman–Crippen MR) is 76.2 cm³/mol. The van der Waals surface area contributed by atoms with Crippen LogP contribution in [0.25, 0.3) is 0 Å². The number of hydrogen-bond acceptors (Lipinski definition) is 6. The van der Waals surface area contributed by atoms with Crippen LogP contribution in [0.15, 0.2) is 15.9 Å². The van der Waals surface area contributed by atoms with Crippen LogP contribution < -0.4 is 5.32 Å². The molecule has 1 N–H and O–H groups in total. The number of carbonyl (C=O) groups excluding carboxylic acids is 1. The quantitative estimate of drug-likeness (QED) is 0.588. The first-order chi connectivity index (χ1) is 8.62. The van der Waals surface area contributed by atoms with Gasteiger partial charge in [0.15, 0.2) is 0 Å². The smallest absolute Gasteiger partial charge is 0.326 e. The van der Waals surface area contributed by atoms with Crippen LogP contribution in [-0.4, -0.2) is 35.4 Å². The van der Waals surface area contributed by atoms with Crippen LogP contribution in [0, 0.1) is 0 Å². The number of thioether (sulfide) groups is 1. The molecule has 1 rings (SSSR count). The van der Waals surface area contributed by atoms with Gasteiger partial charge in [-0.2, -0.15) is 0 Å². The molecule has 0 aromatic carbocycles. The minimum absolute atomic E-state index is 0.174. The number of aromatic nitrogens is 1. The summed E-state index contributed by atoms with van der Waals surface area (Å²) in [5, 5.41) is 5.17. The van der Waals surface area contributed by atoms with E-state index in [9.17, 15) is 4.79 Å². The average Bonchev–Trinajstić information content (AvgIpc) is 2.83. The molecule has 0 spiro atoms. The minimum atomic E-state index is -0.602. The summed E-state index contributed by atoms with van der Waals surface area (Å²) in [5.74, 6) is 0.669. The monoisotopic (exact) mass is 288 g/mol. The maximum absolute atomic E-state index is 11.9. The van der Waals surface area contributed by atoms with E-state index in [0.29, 0.717) is 6.61 Å². The Hall–Kier alpha value is -0.590. The van der Waals surface area contributed by atoms with Crippen molar-refractivity contribution in [2.45, 2.75) is 37.1 Å². The number of carbonyl (C=O) groups is 1.